The van der Waals surface area contributed by atoms with Crippen LogP contribution < -0.4 is 20.8 Å². The molecule has 0 atom stereocenters. The molecule has 1 aliphatic carbocycles. The molecule has 3 fully saturated rings. The Balaban J connectivity index is 0.981. The van der Waals surface area contributed by atoms with E-state index in [9.17, 15) is 4.79 Å². The van der Waals surface area contributed by atoms with Gasteiger partial charge in [0.1, 0.15) is 24.0 Å². The zero-order valence-corrected chi connectivity index (χ0v) is 24.1. The van der Waals surface area contributed by atoms with Crippen molar-refractivity contribution >= 4 is 17.9 Å². The van der Waals surface area contributed by atoms with Gasteiger partial charge in [-0.05, 0) is 49.6 Å². The molecule has 41 heavy (non-hydrogen) atoms. The van der Waals surface area contributed by atoms with E-state index in [4.69, 9.17) is 9.47 Å². The number of likely N-dealkylation sites (tertiary alicyclic amines) is 1. The van der Waals surface area contributed by atoms with Crippen molar-refractivity contribution < 1.29 is 14.3 Å². The number of morpholine rings is 1. The van der Waals surface area contributed by atoms with E-state index < -0.39 is 0 Å². The van der Waals surface area contributed by atoms with E-state index in [0.29, 0.717) is 5.91 Å². The number of aliphatic imine (C=N–C) groups is 1. The van der Waals surface area contributed by atoms with E-state index in [2.05, 4.69) is 49.9 Å². The molecule has 0 unspecified atom stereocenters. The van der Waals surface area contributed by atoms with Crippen LogP contribution in [0.5, 0.6) is 5.75 Å². The Kier molecular flexibility index (Phi) is 8.77. The largest absolute Gasteiger partial charge is 0.490 e. The number of carbonyl (C=O) groups excluding carboxylic acids is 1. The molecule has 1 aromatic carbocycles. The molecule has 1 amide bonds. The van der Waals surface area contributed by atoms with Crippen molar-refractivity contribution in [2.45, 2.75) is 51.6 Å². The third-order valence-corrected chi connectivity index (χ3v) is 8.64. The van der Waals surface area contributed by atoms with Gasteiger partial charge >= 0.3 is 0 Å². The molecular formula is C31H43N7O3. The molecule has 220 valence electrons. The molecule has 0 spiro atoms. The second-order valence-corrected chi connectivity index (χ2v) is 11.5. The highest BCUT2D eigenvalue weighted by Crippen LogP contribution is 2.30. The lowest BCUT2D eigenvalue weighted by atomic mass is 10.0. The first-order valence-corrected chi connectivity index (χ1v) is 15.2. The van der Waals surface area contributed by atoms with Crippen LogP contribution in [0.2, 0.25) is 0 Å². The second kappa shape index (κ2) is 13.0. The second-order valence-electron chi connectivity index (χ2n) is 11.5. The number of allylic oxidation sites excluding steroid dienone is 1. The highest BCUT2D eigenvalue weighted by Gasteiger charge is 2.30. The number of fused-ring (bicyclic) bond motifs is 1. The highest BCUT2D eigenvalue weighted by atomic mass is 16.5. The molecule has 0 aromatic heterocycles. The van der Waals surface area contributed by atoms with Crippen molar-refractivity contribution in [2.75, 3.05) is 57.9 Å². The lowest BCUT2D eigenvalue weighted by Crippen LogP contribution is -2.44. The number of aryl methyl sites for hydroxylation is 1. The zero-order valence-electron chi connectivity index (χ0n) is 24.1. The van der Waals surface area contributed by atoms with Crippen LogP contribution in [0.25, 0.3) is 0 Å². The van der Waals surface area contributed by atoms with Gasteiger partial charge in [0.15, 0.2) is 0 Å². The Hall–Kier alpha value is -3.50. The number of benzene rings is 1. The number of nitrogens with zero attached hydrogens (tertiary/aromatic N) is 4. The average Bonchev–Trinajstić information content (AvgIpc) is 3.55. The molecular weight excluding hydrogens is 518 g/mol. The summed E-state index contributed by atoms with van der Waals surface area (Å²) < 4.78 is 11.8. The summed E-state index contributed by atoms with van der Waals surface area (Å²) in [6, 6.07) is 6.18. The first-order valence-electron chi connectivity index (χ1n) is 15.2. The summed E-state index contributed by atoms with van der Waals surface area (Å²) in [6.45, 7) is 9.15. The van der Waals surface area contributed by atoms with Gasteiger partial charge in [0.05, 0.1) is 24.6 Å². The molecule has 2 saturated heterocycles. The number of hydrogen-bond donors (Lipinski definition) is 3. The topological polar surface area (TPSA) is 93.7 Å². The normalized spacial score (nSPS) is 21.9. The third-order valence-electron chi connectivity index (χ3n) is 8.64. The van der Waals surface area contributed by atoms with Gasteiger partial charge in [0, 0.05) is 76.0 Å². The van der Waals surface area contributed by atoms with Gasteiger partial charge < -0.3 is 25.0 Å². The van der Waals surface area contributed by atoms with E-state index in [0.717, 1.165) is 112 Å². The molecule has 10 heteroatoms. The quantitative estimate of drug-likeness (QED) is 0.423. The number of carbonyl (C=O) groups is 1. The maximum absolute atomic E-state index is 12.8. The summed E-state index contributed by atoms with van der Waals surface area (Å²) in [7, 11) is 0. The number of hydrogen-bond acceptors (Lipinski definition) is 9. The number of dihydropyridines is 1. The summed E-state index contributed by atoms with van der Waals surface area (Å²) in [5.74, 6) is 2.49. The predicted octanol–water partition coefficient (Wildman–Crippen LogP) is 3.32. The van der Waals surface area contributed by atoms with E-state index in [1.807, 2.05) is 29.5 Å². The minimum atomic E-state index is 0.143. The first-order chi connectivity index (χ1) is 20.1. The number of hydrazine groups is 1. The van der Waals surface area contributed by atoms with Crippen LogP contribution in [-0.4, -0.2) is 85.6 Å². The Morgan fingerprint density at radius 1 is 1.12 bits per heavy atom. The van der Waals surface area contributed by atoms with Gasteiger partial charge in [-0.2, -0.15) is 0 Å². The van der Waals surface area contributed by atoms with Crippen molar-refractivity contribution in [3.8, 4) is 5.75 Å². The van der Waals surface area contributed by atoms with Crippen LogP contribution in [0.4, 0.5) is 5.69 Å². The fourth-order valence-electron chi connectivity index (χ4n) is 6.21. The Labute approximate surface area is 243 Å². The minimum absolute atomic E-state index is 0.143. The Bertz CT molecular complexity index is 1210. The predicted molar refractivity (Wildman–Crippen MR) is 160 cm³/mol. The van der Waals surface area contributed by atoms with Crippen molar-refractivity contribution in [3.63, 3.8) is 0 Å². The number of piperidine rings is 1. The van der Waals surface area contributed by atoms with Gasteiger partial charge in [-0.15, -0.1) is 0 Å². The van der Waals surface area contributed by atoms with E-state index in [1.54, 1.807) is 6.34 Å². The molecule has 3 N–H and O–H groups in total. The first kappa shape index (κ1) is 27.7. The molecule has 5 aliphatic rings. The summed E-state index contributed by atoms with van der Waals surface area (Å²) in [4.78, 5) is 21.7. The van der Waals surface area contributed by atoms with E-state index >= 15 is 0 Å². The molecule has 10 nitrogen and oxygen atoms in total. The smallest absolute Gasteiger partial charge is 0.225 e. The molecule has 4 aliphatic heterocycles. The van der Waals surface area contributed by atoms with Crippen LogP contribution in [0.1, 0.15) is 44.1 Å². The lowest BCUT2D eigenvalue weighted by molar-refractivity contribution is -0.137. The monoisotopic (exact) mass is 561 g/mol. The SMILES string of the molecule is Cc1cc(NN2C=NC=C3C=C(NCCN4CCOCC4)NC=C32)ccc1OC1CCN(C(=O)C2CCCC2)CC1. The summed E-state index contributed by atoms with van der Waals surface area (Å²) >= 11 is 0. The fourth-order valence-corrected chi connectivity index (χ4v) is 6.21. The van der Waals surface area contributed by atoms with Gasteiger partial charge in [-0.3, -0.25) is 15.1 Å². The lowest BCUT2D eigenvalue weighted by Gasteiger charge is -2.34. The number of ether oxygens (including phenoxy) is 2. The number of nitrogens with one attached hydrogen (secondary N) is 3. The summed E-state index contributed by atoms with van der Waals surface area (Å²) in [5.41, 5.74) is 7.52. The molecule has 1 saturated carbocycles. The Morgan fingerprint density at radius 2 is 1.93 bits per heavy atom. The maximum atomic E-state index is 12.8. The molecule has 6 rings (SSSR count). The third kappa shape index (κ3) is 6.87. The summed E-state index contributed by atoms with van der Waals surface area (Å²) in [5, 5.41) is 8.80. The average molecular weight is 562 g/mol. The molecule has 1 aromatic rings. The van der Waals surface area contributed by atoms with Crippen LogP contribution in [0.3, 0.4) is 0 Å². The van der Waals surface area contributed by atoms with Gasteiger partial charge in [0.2, 0.25) is 5.91 Å². The number of amides is 1. The van der Waals surface area contributed by atoms with Crippen molar-refractivity contribution in [1.29, 1.82) is 0 Å². The standard InChI is InChI=1S/C31H43N7O3/c1-23-18-26(6-7-29(23)41-27-8-11-37(12-9-27)31(39)24-4-2-3-5-24)35-38-22-32-20-25-19-30(34-21-28(25)38)33-10-13-36-14-16-40-17-15-36/h6-7,18-22,24,27,33-35H,2-5,8-17H2,1H3. The number of anilines is 1. The van der Waals surface area contributed by atoms with Gasteiger partial charge in [-0.1, -0.05) is 12.8 Å². The van der Waals surface area contributed by atoms with E-state index in [1.165, 1.54) is 12.8 Å². The number of rotatable bonds is 9. The highest BCUT2D eigenvalue weighted by molar-refractivity contribution is 5.79. The van der Waals surface area contributed by atoms with Crippen molar-refractivity contribution in [3.05, 3.63) is 59.3 Å². The maximum Gasteiger partial charge on any atom is 0.225 e. The molecule has 0 radical (unpaired) electrons. The van der Waals surface area contributed by atoms with Gasteiger partial charge in [0.25, 0.3) is 0 Å². The molecule has 4 heterocycles. The summed E-state index contributed by atoms with van der Waals surface area (Å²) in [6.07, 6.45) is 14.2. The van der Waals surface area contributed by atoms with E-state index in [-0.39, 0.29) is 12.0 Å². The van der Waals surface area contributed by atoms with Crippen LogP contribution >= 0.6 is 0 Å². The zero-order chi connectivity index (χ0) is 28.0. The Morgan fingerprint density at radius 3 is 2.71 bits per heavy atom. The fraction of sp³-hybridized carbons (Fsp3) is 0.548. The van der Waals surface area contributed by atoms with Crippen LogP contribution in [-0.2, 0) is 9.53 Å². The minimum Gasteiger partial charge on any atom is -0.490 e. The van der Waals surface area contributed by atoms with Crippen molar-refractivity contribution in [1.82, 2.24) is 25.4 Å². The van der Waals surface area contributed by atoms with Crippen LogP contribution in [0, 0.1) is 12.8 Å². The van der Waals surface area contributed by atoms with Crippen LogP contribution in [0.15, 0.2) is 58.8 Å². The van der Waals surface area contributed by atoms with Gasteiger partial charge in [-0.25, -0.2) is 10.0 Å². The van der Waals surface area contributed by atoms with Crippen molar-refractivity contribution in [2.24, 2.45) is 10.9 Å². The molecule has 0 bridgehead atoms.